The van der Waals surface area contributed by atoms with Gasteiger partial charge >= 0.3 is 6.03 Å². The van der Waals surface area contributed by atoms with E-state index in [1.807, 2.05) is 17.6 Å². The Balaban J connectivity index is 1.55. The van der Waals surface area contributed by atoms with Crippen LogP contribution in [0.2, 0.25) is 5.02 Å². The zero-order valence-electron chi connectivity index (χ0n) is 18.7. The van der Waals surface area contributed by atoms with Crippen molar-refractivity contribution in [2.75, 3.05) is 12.4 Å². The van der Waals surface area contributed by atoms with E-state index >= 15 is 0 Å². The predicted octanol–water partition coefficient (Wildman–Crippen LogP) is 5.71. The van der Waals surface area contributed by atoms with Crippen molar-refractivity contribution in [1.29, 1.82) is 0 Å². The number of hydrogen-bond donors (Lipinski definition) is 2. The SMILES string of the molecule is CCc1cc(C(=O)c2ccccc2Cl)c(-n2ccnc2CNC(=O)Nc2cccc(OC)c2)s1. The molecule has 0 aliphatic heterocycles. The number of rotatable bonds is 8. The number of ketones is 1. The van der Waals surface area contributed by atoms with Crippen molar-refractivity contribution in [1.82, 2.24) is 14.9 Å². The molecule has 2 aromatic carbocycles. The summed E-state index contributed by atoms with van der Waals surface area (Å²) in [7, 11) is 1.57. The van der Waals surface area contributed by atoms with Gasteiger partial charge in [0, 0.05) is 34.6 Å². The average Bonchev–Trinajstić information content (AvgIpc) is 3.49. The number of aryl methyl sites for hydroxylation is 1. The molecule has 0 aliphatic rings. The molecule has 174 valence electrons. The van der Waals surface area contributed by atoms with Crippen LogP contribution in [-0.2, 0) is 13.0 Å². The highest BCUT2D eigenvalue weighted by atomic mass is 35.5. The highest BCUT2D eigenvalue weighted by Crippen LogP contribution is 2.31. The fourth-order valence-corrected chi connectivity index (χ4v) is 4.74. The van der Waals surface area contributed by atoms with Crippen molar-refractivity contribution < 1.29 is 14.3 Å². The summed E-state index contributed by atoms with van der Waals surface area (Å²) in [4.78, 5) is 31.2. The van der Waals surface area contributed by atoms with Crippen molar-refractivity contribution in [3.63, 3.8) is 0 Å². The van der Waals surface area contributed by atoms with Crippen LogP contribution in [0.25, 0.3) is 5.00 Å². The van der Waals surface area contributed by atoms with Crippen LogP contribution in [0.3, 0.4) is 0 Å². The zero-order valence-corrected chi connectivity index (χ0v) is 20.2. The lowest BCUT2D eigenvalue weighted by atomic mass is 10.0. The molecule has 2 amide bonds. The molecule has 9 heteroatoms. The van der Waals surface area contributed by atoms with Gasteiger partial charge in [0.15, 0.2) is 5.78 Å². The third-order valence-electron chi connectivity index (χ3n) is 5.15. The Labute approximate surface area is 206 Å². The van der Waals surface area contributed by atoms with Gasteiger partial charge < -0.3 is 15.4 Å². The van der Waals surface area contributed by atoms with E-state index in [1.54, 1.807) is 68.0 Å². The smallest absolute Gasteiger partial charge is 0.319 e. The minimum absolute atomic E-state index is 0.153. The second kappa shape index (κ2) is 10.5. The largest absolute Gasteiger partial charge is 0.497 e. The maximum Gasteiger partial charge on any atom is 0.319 e. The van der Waals surface area contributed by atoms with E-state index in [0.717, 1.165) is 16.3 Å². The lowest BCUT2D eigenvalue weighted by molar-refractivity contribution is 0.103. The number of carbonyl (C=O) groups is 2. The number of halogens is 1. The number of ether oxygens (including phenoxy) is 1. The molecule has 34 heavy (non-hydrogen) atoms. The van der Waals surface area contributed by atoms with Crippen LogP contribution in [-0.4, -0.2) is 28.5 Å². The fraction of sp³-hybridized carbons (Fsp3) is 0.160. The number of hydrogen-bond acceptors (Lipinski definition) is 5. The van der Waals surface area contributed by atoms with Crippen molar-refractivity contribution in [2.24, 2.45) is 0 Å². The molecule has 0 spiro atoms. The highest BCUT2D eigenvalue weighted by molar-refractivity contribution is 7.15. The zero-order chi connectivity index (χ0) is 24.1. The van der Waals surface area contributed by atoms with Gasteiger partial charge in [-0.2, -0.15) is 0 Å². The highest BCUT2D eigenvalue weighted by Gasteiger charge is 2.22. The summed E-state index contributed by atoms with van der Waals surface area (Å²) < 4.78 is 7.01. The van der Waals surface area contributed by atoms with Crippen molar-refractivity contribution in [3.8, 4) is 10.8 Å². The molecule has 0 atom stereocenters. The maximum atomic E-state index is 13.3. The Bertz CT molecular complexity index is 1330. The van der Waals surface area contributed by atoms with Gasteiger partial charge in [0.2, 0.25) is 0 Å². The van der Waals surface area contributed by atoms with Gasteiger partial charge in [0.05, 0.1) is 24.2 Å². The van der Waals surface area contributed by atoms with E-state index in [4.69, 9.17) is 16.3 Å². The van der Waals surface area contributed by atoms with Crippen LogP contribution in [0.15, 0.2) is 67.0 Å². The van der Waals surface area contributed by atoms with Crippen molar-refractivity contribution in [3.05, 3.63) is 93.8 Å². The van der Waals surface area contributed by atoms with Crippen molar-refractivity contribution in [2.45, 2.75) is 19.9 Å². The first-order valence-corrected chi connectivity index (χ1v) is 11.8. The first-order chi connectivity index (χ1) is 16.5. The number of amides is 2. The molecular weight excluding hydrogens is 472 g/mol. The van der Waals surface area contributed by atoms with E-state index in [9.17, 15) is 9.59 Å². The Morgan fingerprint density at radius 3 is 2.71 bits per heavy atom. The summed E-state index contributed by atoms with van der Waals surface area (Å²) in [5.41, 5.74) is 1.61. The van der Waals surface area contributed by atoms with Gasteiger partial charge in [0.1, 0.15) is 16.6 Å². The lowest BCUT2D eigenvalue weighted by Crippen LogP contribution is -2.29. The summed E-state index contributed by atoms with van der Waals surface area (Å²) >= 11 is 7.81. The number of aromatic nitrogens is 2. The summed E-state index contributed by atoms with van der Waals surface area (Å²) in [5.74, 6) is 1.09. The molecule has 0 aliphatic carbocycles. The molecular formula is C25H23ClN4O3S. The Morgan fingerprint density at radius 1 is 1.12 bits per heavy atom. The molecule has 2 heterocycles. The van der Waals surface area contributed by atoms with Crippen LogP contribution >= 0.6 is 22.9 Å². The average molecular weight is 495 g/mol. The predicted molar refractivity (Wildman–Crippen MR) is 135 cm³/mol. The molecule has 7 nitrogen and oxygen atoms in total. The topological polar surface area (TPSA) is 85.2 Å². The van der Waals surface area contributed by atoms with E-state index in [-0.39, 0.29) is 18.4 Å². The van der Waals surface area contributed by atoms with Gasteiger partial charge in [-0.05, 0) is 36.8 Å². The minimum atomic E-state index is -0.379. The molecule has 4 rings (SSSR count). The molecule has 0 saturated heterocycles. The second-order valence-electron chi connectivity index (χ2n) is 7.35. The summed E-state index contributed by atoms with van der Waals surface area (Å²) in [5, 5.41) is 6.74. The maximum absolute atomic E-state index is 13.3. The monoisotopic (exact) mass is 494 g/mol. The number of nitrogens with one attached hydrogen (secondary N) is 2. The molecule has 4 aromatic rings. The lowest BCUT2D eigenvalue weighted by Gasteiger charge is -2.11. The molecule has 0 unspecified atom stereocenters. The van der Waals surface area contributed by atoms with Crippen LogP contribution in [0.5, 0.6) is 5.75 Å². The van der Waals surface area contributed by atoms with E-state index in [1.165, 1.54) is 11.3 Å². The van der Waals surface area contributed by atoms with E-state index < -0.39 is 0 Å². The number of nitrogens with zero attached hydrogens (tertiary/aromatic N) is 2. The molecule has 0 saturated carbocycles. The number of imidazole rings is 1. The number of thiophene rings is 1. The second-order valence-corrected chi connectivity index (χ2v) is 8.87. The van der Waals surface area contributed by atoms with Crippen LogP contribution in [0.1, 0.15) is 33.5 Å². The Kier molecular flexibility index (Phi) is 7.30. The van der Waals surface area contributed by atoms with E-state index in [0.29, 0.717) is 33.4 Å². The fourth-order valence-electron chi connectivity index (χ4n) is 3.42. The number of anilines is 1. The minimum Gasteiger partial charge on any atom is -0.497 e. The number of benzene rings is 2. The third-order valence-corrected chi connectivity index (χ3v) is 6.75. The standard InChI is InChI=1S/C25H23ClN4O3S/c1-3-18-14-20(23(31)19-9-4-5-10-21(19)26)24(34-18)30-12-11-27-22(30)15-28-25(32)29-16-7-6-8-17(13-16)33-2/h4-14H,3,15H2,1-2H3,(H2,28,29,32). The molecule has 2 aromatic heterocycles. The summed E-state index contributed by atoms with van der Waals surface area (Å²) in [6.45, 7) is 2.21. The molecule has 0 bridgehead atoms. The van der Waals surface area contributed by atoms with Gasteiger partial charge in [-0.1, -0.05) is 36.7 Å². The third kappa shape index (κ3) is 5.13. The first-order valence-electron chi connectivity index (χ1n) is 10.6. The molecule has 0 fully saturated rings. The van der Waals surface area contributed by atoms with Crippen LogP contribution in [0.4, 0.5) is 10.5 Å². The Hall–Kier alpha value is -3.62. The van der Waals surface area contributed by atoms with Crippen LogP contribution in [0, 0.1) is 0 Å². The molecule has 2 N–H and O–H groups in total. The quantitative estimate of drug-likeness (QED) is 0.307. The van der Waals surface area contributed by atoms with E-state index in [2.05, 4.69) is 15.6 Å². The number of carbonyl (C=O) groups excluding carboxylic acids is 2. The summed E-state index contributed by atoms with van der Waals surface area (Å²) in [6, 6.07) is 15.6. The first kappa shape index (κ1) is 23.5. The van der Waals surface area contributed by atoms with Gasteiger partial charge in [-0.15, -0.1) is 11.3 Å². The number of urea groups is 1. The summed E-state index contributed by atoms with van der Waals surface area (Å²) in [6.07, 6.45) is 4.22. The van der Waals surface area contributed by atoms with Gasteiger partial charge in [-0.25, -0.2) is 9.78 Å². The van der Waals surface area contributed by atoms with Crippen LogP contribution < -0.4 is 15.4 Å². The van der Waals surface area contributed by atoms with Gasteiger partial charge in [0.25, 0.3) is 0 Å². The molecule has 0 radical (unpaired) electrons. The van der Waals surface area contributed by atoms with Gasteiger partial charge in [-0.3, -0.25) is 9.36 Å². The number of methoxy groups -OCH3 is 1. The van der Waals surface area contributed by atoms with Crippen molar-refractivity contribution >= 4 is 40.4 Å². The Morgan fingerprint density at radius 2 is 1.94 bits per heavy atom. The normalized spacial score (nSPS) is 10.7.